The molecule has 0 fully saturated rings. The van der Waals surface area contributed by atoms with Crippen molar-refractivity contribution in [3.63, 3.8) is 0 Å². The first-order valence-corrected chi connectivity index (χ1v) is 7.74. The molecule has 0 radical (unpaired) electrons. The Balaban J connectivity index is 3.86. The molecule has 0 heterocycles. The van der Waals surface area contributed by atoms with Crippen molar-refractivity contribution in [1.29, 1.82) is 0 Å². The molecule has 0 aromatic heterocycles. The van der Waals surface area contributed by atoms with Crippen molar-refractivity contribution in [2.45, 2.75) is 31.9 Å². The molecule has 0 aliphatic rings. The van der Waals surface area contributed by atoms with Crippen LogP contribution in [0, 0.1) is 0 Å². The third-order valence-electron chi connectivity index (χ3n) is 2.77. The second-order valence-corrected chi connectivity index (χ2v) is 8.11. The van der Waals surface area contributed by atoms with E-state index >= 15 is 0 Å². The monoisotopic (exact) mass is 234 g/mol. The smallest absolute Gasteiger partial charge is 0.340 e. The normalized spacial score (nSPS) is 12.4. The van der Waals surface area contributed by atoms with Crippen LogP contribution in [-0.4, -0.2) is 42.4 Å². The summed E-state index contributed by atoms with van der Waals surface area (Å²) >= 11 is 0. The summed E-state index contributed by atoms with van der Waals surface area (Å²) in [5, 5.41) is 3.28. The number of hydrogen-bond donors (Lipinski definition) is 2. The summed E-state index contributed by atoms with van der Waals surface area (Å²) in [6.45, 7) is 6.92. The zero-order chi connectivity index (χ0) is 11.7. The van der Waals surface area contributed by atoms with Gasteiger partial charge < -0.3 is 19.9 Å². The topological polar surface area (TPSA) is 56.5 Å². The van der Waals surface area contributed by atoms with E-state index in [4.69, 9.17) is 14.6 Å². The van der Waals surface area contributed by atoms with Crippen molar-refractivity contribution in [2.75, 3.05) is 33.9 Å². The van der Waals surface area contributed by atoms with Crippen LogP contribution >= 0.6 is 0 Å². The lowest BCUT2D eigenvalue weighted by atomic mass is 10.4. The largest absolute Gasteiger partial charge is 0.397 e. The Kier molecular flexibility index (Phi) is 8.27. The number of rotatable bonds is 9. The van der Waals surface area contributed by atoms with Gasteiger partial charge in [0, 0.05) is 27.3 Å². The third-order valence-corrected chi connectivity index (χ3v) is 6.96. The van der Waals surface area contributed by atoms with E-state index in [2.05, 4.69) is 19.2 Å². The molecule has 0 saturated heterocycles. The summed E-state index contributed by atoms with van der Waals surface area (Å²) in [6.07, 6.45) is 1.09. The quantitative estimate of drug-likeness (QED) is 0.463. The first-order valence-electron chi connectivity index (χ1n) is 5.64. The molecule has 0 saturated carbocycles. The van der Waals surface area contributed by atoms with Crippen LogP contribution in [0.3, 0.4) is 0 Å². The molecule has 0 atom stereocenters. The molecule has 0 aromatic rings. The first-order chi connectivity index (χ1) is 7.13. The van der Waals surface area contributed by atoms with Crippen LogP contribution in [0.4, 0.5) is 0 Å². The van der Waals surface area contributed by atoms with Gasteiger partial charge in [-0.15, -0.1) is 0 Å². The van der Waals surface area contributed by atoms with Crippen molar-refractivity contribution in [3.05, 3.63) is 0 Å². The minimum atomic E-state index is -1.95. The van der Waals surface area contributed by atoms with Crippen LogP contribution in [-0.2, 0) is 8.85 Å². The van der Waals surface area contributed by atoms with E-state index in [0.29, 0.717) is 12.1 Å². The van der Waals surface area contributed by atoms with Gasteiger partial charge in [0.1, 0.15) is 0 Å². The first kappa shape index (κ1) is 15.1. The van der Waals surface area contributed by atoms with Crippen molar-refractivity contribution < 1.29 is 8.85 Å². The number of nitrogens with two attached hydrogens (primary N) is 1. The molecule has 3 N–H and O–H groups in total. The molecule has 4 nitrogen and oxygen atoms in total. The Morgan fingerprint density at radius 1 is 1.20 bits per heavy atom. The molecule has 15 heavy (non-hydrogen) atoms. The molecule has 0 aliphatic heterocycles. The Labute approximate surface area is 94.8 Å². The molecule has 0 aliphatic carbocycles. The highest BCUT2D eigenvalue weighted by Gasteiger charge is 2.38. The zero-order valence-electron chi connectivity index (χ0n) is 10.5. The Bertz CT molecular complexity index is 152. The van der Waals surface area contributed by atoms with Gasteiger partial charge in [-0.05, 0) is 24.6 Å². The lowest BCUT2D eigenvalue weighted by Gasteiger charge is -2.31. The Hall–Kier alpha value is 0.0569. The predicted molar refractivity (Wildman–Crippen MR) is 66.2 cm³/mol. The van der Waals surface area contributed by atoms with Gasteiger partial charge in [0.2, 0.25) is 0 Å². The van der Waals surface area contributed by atoms with Gasteiger partial charge in [0.15, 0.2) is 0 Å². The molecular formula is C10H26N2O2Si. The van der Waals surface area contributed by atoms with E-state index in [1.165, 1.54) is 0 Å². The van der Waals surface area contributed by atoms with Gasteiger partial charge in [0.05, 0.1) is 0 Å². The minimum absolute atomic E-state index is 0.488. The highest BCUT2D eigenvalue weighted by atomic mass is 28.4. The van der Waals surface area contributed by atoms with Crippen LogP contribution in [0.5, 0.6) is 0 Å². The maximum Gasteiger partial charge on any atom is 0.340 e. The van der Waals surface area contributed by atoms with E-state index in [-0.39, 0.29) is 0 Å². The van der Waals surface area contributed by atoms with Gasteiger partial charge >= 0.3 is 8.56 Å². The van der Waals surface area contributed by atoms with Crippen molar-refractivity contribution in [3.8, 4) is 0 Å². The van der Waals surface area contributed by atoms with Crippen LogP contribution in [0.2, 0.25) is 11.6 Å². The fourth-order valence-electron chi connectivity index (χ4n) is 1.73. The standard InChI is InChI=1S/C10H26N2O2Si/c1-10(2)15(13-3,14-4)9-5-7-12-8-6-11/h10,12H,5-9,11H2,1-4H3. The van der Waals surface area contributed by atoms with Crippen LogP contribution in [0.25, 0.3) is 0 Å². The molecule has 0 amide bonds. The predicted octanol–water partition coefficient (Wildman–Crippen LogP) is 1.07. The van der Waals surface area contributed by atoms with Gasteiger partial charge in [-0.2, -0.15) is 0 Å². The highest BCUT2D eigenvalue weighted by Crippen LogP contribution is 2.27. The van der Waals surface area contributed by atoms with Crippen molar-refractivity contribution in [2.24, 2.45) is 5.73 Å². The molecule has 0 rings (SSSR count). The van der Waals surface area contributed by atoms with Crippen LogP contribution < -0.4 is 11.1 Å². The number of nitrogens with one attached hydrogen (secondary N) is 1. The van der Waals surface area contributed by atoms with Gasteiger partial charge in [-0.3, -0.25) is 0 Å². The second-order valence-electron chi connectivity index (χ2n) is 4.02. The van der Waals surface area contributed by atoms with Gasteiger partial charge in [0.25, 0.3) is 0 Å². The Morgan fingerprint density at radius 2 is 1.80 bits per heavy atom. The van der Waals surface area contributed by atoms with Crippen molar-refractivity contribution >= 4 is 8.56 Å². The molecule has 0 spiro atoms. The van der Waals surface area contributed by atoms with Crippen molar-refractivity contribution in [1.82, 2.24) is 5.32 Å². The minimum Gasteiger partial charge on any atom is -0.397 e. The SMILES string of the molecule is CO[Si](CCCNCCN)(OC)C(C)C. The lowest BCUT2D eigenvalue weighted by Crippen LogP contribution is -2.43. The molecular weight excluding hydrogens is 208 g/mol. The Morgan fingerprint density at radius 3 is 2.20 bits per heavy atom. The molecule has 0 unspecified atom stereocenters. The number of hydrogen-bond acceptors (Lipinski definition) is 4. The highest BCUT2D eigenvalue weighted by molar-refractivity contribution is 6.68. The van der Waals surface area contributed by atoms with Crippen LogP contribution in [0.15, 0.2) is 0 Å². The van der Waals surface area contributed by atoms with Crippen LogP contribution in [0.1, 0.15) is 20.3 Å². The van der Waals surface area contributed by atoms with E-state index < -0.39 is 8.56 Å². The summed E-state index contributed by atoms with van der Waals surface area (Å²) in [7, 11) is 1.58. The van der Waals surface area contributed by atoms with Gasteiger partial charge in [-0.25, -0.2) is 0 Å². The molecule has 0 bridgehead atoms. The van der Waals surface area contributed by atoms with Gasteiger partial charge in [-0.1, -0.05) is 13.8 Å². The summed E-state index contributed by atoms with van der Waals surface area (Å²) in [5.41, 5.74) is 5.88. The third kappa shape index (κ3) is 5.08. The van der Waals surface area contributed by atoms with E-state index in [0.717, 1.165) is 25.6 Å². The summed E-state index contributed by atoms with van der Waals surface area (Å²) in [6, 6.07) is 1.04. The van der Waals surface area contributed by atoms with E-state index in [1.807, 2.05) is 0 Å². The molecule has 92 valence electrons. The molecule has 0 aromatic carbocycles. The summed E-state index contributed by atoms with van der Waals surface area (Å²) in [5.74, 6) is 0. The fourth-order valence-corrected chi connectivity index (χ4v) is 4.50. The maximum atomic E-state index is 5.62. The van der Waals surface area contributed by atoms with E-state index in [1.54, 1.807) is 14.2 Å². The van der Waals surface area contributed by atoms with E-state index in [9.17, 15) is 0 Å². The zero-order valence-corrected chi connectivity index (χ0v) is 11.5. The average Bonchev–Trinajstić information content (AvgIpc) is 2.23. The summed E-state index contributed by atoms with van der Waals surface area (Å²) in [4.78, 5) is 0. The maximum absolute atomic E-state index is 5.62. The second kappa shape index (κ2) is 8.24. The average molecular weight is 234 g/mol. The summed E-state index contributed by atoms with van der Waals surface area (Å²) < 4.78 is 11.2. The molecule has 5 heteroatoms. The lowest BCUT2D eigenvalue weighted by molar-refractivity contribution is 0.231. The fraction of sp³-hybridized carbons (Fsp3) is 1.00.